The van der Waals surface area contributed by atoms with Gasteiger partial charge in [-0.2, -0.15) is 0 Å². The van der Waals surface area contributed by atoms with Gasteiger partial charge in [0.1, 0.15) is 6.10 Å². The van der Waals surface area contributed by atoms with Crippen LogP contribution in [0, 0.1) is 12.3 Å². The molecule has 0 amide bonds. The van der Waals surface area contributed by atoms with Crippen molar-refractivity contribution in [1.29, 1.82) is 0 Å². The van der Waals surface area contributed by atoms with Gasteiger partial charge in [0.05, 0.1) is 6.10 Å². The molecule has 1 aromatic carbocycles. The molecular formula is C21H23NO4. The standard InChI is InChI=1S/C21H23NO4/c1-2-3-4-7-24-18-8-13-5-6-22-11-14-9-16-17(26-12-25-16)10-15(14)19(20(13)22)21(18)23/h1,8-10,18-21,23H,3-7,11-12H2/t18-,19-,20+,21+/m0/s1. The Bertz CT molecular complexity index is 796. The van der Waals surface area contributed by atoms with Crippen LogP contribution in [0.3, 0.4) is 0 Å². The van der Waals surface area contributed by atoms with E-state index in [4.69, 9.17) is 20.6 Å². The highest BCUT2D eigenvalue weighted by molar-refractivity contribution is 5.53. The number of terminal acetylenes is 1. The van der Waals surface area contributed by atoms with Crippen molar-refractivity contribution in [3.05, 3.63) is 34.9 Å². The molecule has 1 N–H and O–H groups in total. The molecule has 136 valence electrons. The third kappa shape index (κ3) is 2.44. The number of benzene rings is 1. The van der Waals surface area contributed by atoms with Gasteiger partial charge in [0.15, 0.2) is 11.5 Å². The number of hydrogen-bond acceptors (Lipinski definition) is 5. The van der Waals surface area contributed by atoms with Gasteiger partial charge in [-0.3, -0.25) is 4.90 Å². The Morgan fingerprint density at radius 1 is 1.31 bits per heavy atom. The molecule has 0 saturated carbocycles. The van der Waals surface area contributed by atoms with Crippen molar-refractivity contribution in [1.82, 2.24) is 4.90 Å². The summed E-state index contributed by atoms with van der Waals surface area (Å²) in [5, 5.41) is 11.2. The van der Waals surface area contributed by atoms with E-state index in [0.29, 0.717) is 13.0 Å². The lowest BCUT2D eigenvalue weighted by Gasteiger charge is -2.45. The third-order valence-corrected chi connectivity index (χ3v) is 6.03. The summed E-state index contributed by atoms with van der Waals surface area (Å²) >= 11 is 0. The number of rotatable bonds is 4. The van der Waals surface area contributed by atoms with Crippen LogP contribution in [-0.4, -0.2) is 48.2 Å². The summed E-state index contributed by atoms with van der Waals surface area (Å²) in [6.45, 7) is 2.76. The van der Waals surface area contributed by atoms with Crippen LogP contribution >= 0.6 is 0 Å². The summed E-state index contributed by atoms with van der Waals surface area (Å²) < 4.78 is 17.1. The average molecular weight is 353 g/mol. The molecule has 4 aliphatic rings. The normalized spacial score (nSPS) is 31.2. The van der Waals surface area contributed by atoms with E-state index in [1.54, 1.807) is 0 Å². The Balaban J connectivity index is 1.48. The van der Waals surface area contributed by atoms with Crippen LogP contribution in [-0.2, 0) is 11.3 Å². The fraction of sp³-hybridized carbons (Fsp3) is 0.524. The zero-order valence-corrected chi connectivity index (χ0v) is 14.7. The molecule has 1 aliphatic carbocycles. The lowest BCUT2D eigenvalue weighted by Crippen LogP contribution is -2.50. The lowest BCUT2D eigenvalue weighted by atomic mass is 9.73. The topological polar surface area (TPSA) is 51.2 Å². The van der Waals surface area contributed by atoms with Crippen molar-refractivity contribution in [2.45, 2.75) is 50.0 Å². The second kappa shape index (κ2) is 6.31. The van der Waals surface area contributed by atoms with Gasteiger partial charge in [0.2, 0.25) is 6.79 Å². The van der Waals surface area contributed by atoms with Crippen LogP contribution in [0.1, 0.15) is 36.3 Å². The average Bonchev–Trinajstić information content (AvgIpc) is 3.26. The van der Waals surface area contributed by atoms with E-state index < -0.39 is 6.10 Å². The van der Waals surface area contributed by atoms with E-state index in [0.717, 1.165) is 37.4 Å². The van der Waals surface area contributed by atoms with E-state index in [2.05, 4.69) is 29.0 Å². The SMILES string of the molecule is C#CCCCO[C@H]1C=C2CCN3Cc4cc5c(cc4[C@H]([C@@H]1O)[C@@H]23)OCO5. The molecule has 0 aromatic heterocycles. The zero-order chi connectivity index (χ0) is 17.7. The van der Waals surface area contributed by atoms with Crippen molar-refractivity contribution in [3.8, 4) is 23.8 Å². The van der Waals surface area contributed by atoms with Crippen LogP contribution in [0.25, 0.3) is 0 Å². The predicted molar refractivity (Wildman–Crippen MR) is 96.0 cm³/mol. The smallest absolute Gasteiger partial charge is 0.231 e. The quantitative estimate of drug-likeness (QED) is 0.511. The van der Waals surface area contributed by atoms with Gasteiger partial charge in [-0.25, -0.2) is 0 Å². The predicted octanol–water partition coefficient (Wildman–Crippen LogP) is 2.19. The summed E-state index contributed by atoms with van der Waals surface area (Å²) in [7, 11) is 0. The van der Waals surface area contributed by atoms with Crippen LogP contribution in [0.15, 0.2) is 23.8 Å². The van der Waals surface area contributed by atoms with Crippen molar-refractivity contribution in [2.75, 3.05) is 19.9 Å². The highest BCUT2D eigenvalue weighted by atomic mass is 16.7. The first kappa shape index (κ1) is 16.2. The third-order valence-electron chi connectivity index (χ3n) is 6.03. The van der Waals surface area contributed by atoms with Gasteiger partial charge in [0.25, 0.3) is 0 Å². The van der Waals surface area contributed by atoms with Gasteiger partial charge < -0.3 is 19.3 Å². The van der Waals surface area contributed by atoms with Gasteiger partial charge in [-0.15, -0.1) is 12.3 Å². The van der Waals surface area contributed by atoms with Crippen molar-refractivity contribution >= 4 is 0 Å². The lowest BCUT2D eigenvalue weighted by molar-refractivity contribution is -0.0427. The molecule has 0 radical (unpaired) electrons. The molecule has 1 saturated heterocycles. The first-order valence-electron chi connectivity index (χ1n) is 9.36. The summed E-state index contributed by atoms with van der Waals surface area (Å²) in [6, 6.07) is 4.42. The second-order valence-electron chi connectivity index (χ2n) is 7.47. The number of unbranched alkanes of at least 4 members (excludes halogenated alkanes) is 1. The molecule has 26 heavy (non-hydrogen) atoms. The fourth-order valence-electron chi connectivity index (χ4n) is 4.87. The molecular weight excluding hydrogens is 330 g/mol. The zero-order valence-electron chi connectivity index (χ0n) is 14.7. The maximum atomic E-state index is 11.2. The molecule has 5 rings (SSSR count). The van der Waals surface area contributed by atoms with E-state index in [9.17, 15) is 5.11 Å². The van der Waals surface area contributed by atoms with Crippen molar-refractivity contribution < 1.29 is 19.3 Å². The van der Waals surface area contributed by atoms with Gasteiger partial charge in [-0.05, 0) is 36.1 Å². The molecule has 0 unspecified atom stereocenters. The molecule has 3 heterocycles. The first-order valence-corrected chi connectivity index (χ1v) is 9.36. The Hall–Kier alpha value is -2.00. The van der Waals surface area contributed by atoms with E-state index in [1.807, 2.05) is 0 Å². The summed E-state index contributed by atoms with van der Waals surface area (Å²) in [5.74, 6) is 4.24. The highest BCUT2D eigenvalue weighted by Crippen LogP contribution is 2.49. The van der Waals surface area contributed by atoms with Gasteiger partial charge in [0, 0.05) is 38.1 Å². The van der Waals surface area contributed by atoms with E-state index in [-0.39, 0.29) is 24.9 Å². The maximum Gasteiger partial charge on any atom is 0.231 e. The number of ether oxygens (including phenoxy) is 3. The molecule has 3 aliphatic heterocycles. The highest BCUT2D eigenvalue weighted by Gasteiger charge is 2.49. The summed E-state index contributed by atoms with van der Waals surface area (Å²) in [4.78, 5) is 2.47. The molecule has 0 spiro atoms. The summed E-state index contributed by atoms with van der Waals surface area (Å²) in [5.41, 5.74) is 3.79. The van der Waals surface area contributed by atoms with Gasteiger partial charge >= 0.3 is 0 Å². The molecule has 0 bridgehead atoms. The molecule has 5 nitrogen and oxygen atoms in total. The Morgan fingerprint density at radius 2 is 2.15 bits per heavy atom. The van der Waals surface area contributed by atoms with Crippen LogP contribution in [0.4, 0.5) is 0 Å². The minimum Gasteiger partial charge on any atom is -0.454 e. The number of hydrogen-bond donors (Lipinski definition) is 1. The number of fused-ring (bicyclic) bond motifs is 3. The van der Waals surface area contributed by atoms with Gasteiger partial charge in [-0.1, -0.05) is 11.6 Å². The first-order chi connectivity index (χ1) is 12.8. The monoisotopic (exact) mass is 353 g/mol. The molecule has 5 heteroatoms. The number of nitrogens with zero attached hydrogens (tertiary/aromatic N) is 1. The maximum absolute atomic E-state index is 11.2. The van der Waals surface area contributed by atoms with Crippen LogP contribution in [0.2, 0.25) is 0 Å². The minimum absolute atomic E-state index is 0.00776. The minimum atomic E-state index is -0.574. The molecule has 4 atom stereocenters. The Labute approximate surface area is 153 Å². The number of aliphatic hydroxyl groups is 1. The molecule has 1 aromatic rings. The summed E-state index contributed by atoms with van der Waals surface area (Å²) in [6.07, 6.45) is 9.17. The van der Waals surface area contributed by atoms with E-state index >= 15 is 0 Å². The largest absolute Gasteiger partial charge is 0.454 e. The van der Waals surface area contributed by atoms with Crippen molar-refractivity contribution in [2.24, 2.45) is 0 Å². The van der Waals surface area contributed by atoms with Crippen LogP contribution < -0.4 is 9.47 Å². The molecule has 1 fully saturated rings. The Kier molecular flexibility index (Phi) is 3.93. The van der Waals surface area contributed by atoms with Crippen molar-refractivity contribution in [3.63, 3.8) is 0 Å². The number of aliphatic hydroxyl groups excluding tert-OH is 1. The fourth-order valence-corrected chi connectivity index (χ4v) is 4.87. The van der Waals surface area contributed by atoms with Crippen LogP contribution in [0.5, 0.6) is 11.5 Å². The Morgan fingerprint density at radius 3 is 3.00 bits per heavy atom. The van der Waals surface area contributed by atoms with E-state index in [1.165, 1.54) is 16.7 Å². The second-order valence-corrected chi connectivity index (χ2v) is 7.47.